The zero-order valence-electron chi connectivity index (χ0n) is 17.1. The van der Waals surface area contributed by atoms with Crippen LogP contribution >= 0.6 is 0 Å². The van der Waals surface area contributed by atoms with Gasteiger partial charge in [0.2, 0.25) is 24.2 Å². The van der Waals surface area contributed by atoms with Crippen molar-refractivity contribution < 1.29 is 28.8 Å². The molecule has 0 unspecified atom stereocenters. The lowest BCUT2D eigenvalue weighted by Crippen LogP contribution is -2.18. The zero-order chi connectivity index (χ0) is 22.6. The molecular formula is C22H18N4O6. The Bertz CT molecular complexity index is 1320. The Morgan fingerprint density at radius 1 is 1.09 bits per heavy atom. The summed E-state index contributed by atoms with van der Waals surface area (Å²) in [7, 11) is 3.00. The molecule has 0 spiro atoms. The third-order valence-corrected chi connectivity index (χ3v) is 5.51. The maximum absolute atomic E-state index is 10.0. The summed E-state index contributed by atoms with van der Waals surface area (Å²) in [6.45, 7) is 0.0337. The highest BCUT2D eigenvalue weighted by molar-refractivity contribution is 5.77. The number of fused-ring (bicyclic) bond motifs is 3. The molecule has 3 aromatic rings. The van der Waals surface area contributed by atoms with Gasteiger partial charge in [0.1, 0.15) is 28.9 Å². The van der Waals surface area contributed by atoms with E-state index in [0.29, 0.717) is 45.4 Å². The summed E-state index contributed by atoms with van der Waals surface area (Å²) < 4.78 is 28.4. The van der Waals surface area contributed by atoms with E-state index in [1.54, 1.807) is 12.1 Å². The highest BCUT2D eigenvalue weighted by Gasteiger charge is 2.38. The van der Waals surface area contributed by atoms with Gasteiger partial charge in [0, 0.05) is 23.1 Å². The molecule has 10 nitrogen and oxygen atoms in total. The van der Waals surface area contributed by atoms with E-state index in [-0.39, 0.29) is 35.5 Å². The number of pyridine rings is 1. The molecule has 0 saturated carbocycles. The van der Waals surface area contributed by atoms with Gasteiger partial charge >= 0.3 is 0 Å². The van der Waals surface area contributed by atoms with Gasteiger partial charge in [0.25, 0.3) is 0 Å². The van der Waals surface area contributed by atoms with Crippen LogP contribution in [0.1, 0.15) is 28.2 Å². The quantitative estimate of drug-likeness (QED) is 0.438. The number of nitriles is 1. The van der Waals surface area contributed by atoms with Crippen LogP contribution in [0.15, 0.2) is 24.3 Å². The predicted octanol–water partition coefficient (Wildman–Crippen LogP) is 2.86. The third-order valence-electron chi connectivity index (χ3n) is 5.51. The third kappa shape index (κ3) is 2.61. The minimum absolute atomic E-state index is 0.00997. The number of benzene rings is 2. The maximum Gasteiger partial charge on any atom is 0.231 e. The van der Waals surface area contributed by atoms with E-state index in [2.05, 4.69) is 4.98 Å². The van der Waals surface area contributed by atoms with E-state index in [0.717, 1.165) is 0 Å². The summed E-state index contributed by atoms with van der Waals surface area (Å²) in [5.41, 5.74) is 14.2. The zero-order valence-corrected chi connectivity index (χ0v) is 17.1. The number of aromatic nitrogens is 1. The molecule has 3 heterocycles. The van der Waals surface area contributed by atoms with Crippen molar-refractivity contribution in [2.24, 2.45) is 0 Å². The number of nitrogens with two attached hydrogens (primary N) is 2. The molecule has 0 radical (unpaired) electrons. The average molecular weight is 434 g/mol. The van der Waals surface area contributed by atoms with Gasteiger partial charge in [-0.05, 0) is 12.1 Å². The number of nitrogen functional groups attached to an aromatic ring is 2. The number of nitrogens with zero attached hydrogens (tertiary/aromatic N) is 2. The second-order valence-corrected chi connectivity index (χ2v) is 7.14. The first-order valence-corrected chi connectivity index (χ1v) is 9.52. The number of aromatic hydroxyl groups is 1. The molecule has 2 aliphatic rings. The summed E-state index contributed by atoms with van der Waals surface area (Å²) in [6.07, 6.45) is 0. The molecule has 0 amide bonds. The average Bonchev–Trinajstić information content (AvgIpc) is 3.24. The van der Waals surface area contributed by atoms with E-state index < -0.39 is 5.92 Å². The first kappa shape index (κ1) is 19.4. The van der Waals surface area contributed by atoms with Crippen molar-refractivity contribution in [2.75, 3.05) is 32.5 Å². The lowest BCUT2D eigenvalue weighted by atomic mass is 9.81. The van der Waals surface area contributed by atoms with Gasteiger partial charge < -0.3 is 40.3 Å². The Balaban J connectivity index is 1.88. The Morgan fingerprint density at radius 2 is 1.88 bits per heavy atom. The van der Waals surface area contributed by atoms with Gasteiger partial charge in [-0.3, -0.25) is 0 Å². The monoisotopic (exact) mass is 434 g/mol. The number of phenols is 1. The molecule has 0 saturated heterocycles. The molecular weight excluding hydrogens is 416 g/mol. The largest absolute Gasteiger partial charge is 0.508 e. The number of hydrogen-bond acceptors (Lipinski definition) is 10. The maximum atomic E-state index is 10.0. The molecule has 0 fully saturated rings. The molecule has 32 heavy (non-hydrogen) atoms. The Kier molecular flexibility index (Phi) is 4.27. The Labute approximate surface area is 182 Å². The van der Waals surface area contributed by atoms with Crippen LogP contribution < -0.4 is 35.2 Å². The number of ether oxygens (including phenoxy) is 5. The second-order valence-electron chi connectivity index (χ2n) is 7.14. The molecule has 2 aromatic carbocycles. The standard InChI is InChI=1S/C22H18N4O6/c1-28-18-11(6-14-19(20(18)29-2)31-8-30-14)15-10-4-3-9(27)5-13(10)32-22-16(15)17(24)12(7-23)21(25)26-22/h3-6,15,27H,8H2,1-2H3,(H4,24,25,26)/t15-/m1/s1. The van der Waals surface area contributed by atoms with E-state index in [9.17, 15) is 10.4 Å². The Hall–Kier alpha value is -4.52. The molecule has 162 valence electrons. The van der Waals surface area contributed by atoms with Crippen LogP contribution in [0.25, 0.3) is 0 Å². The SMILES string of the molecule is COc1c([C@H]2c3ccc(O)cc3Oc3nc(N)c(C#N)c(N)c32)cc2c(c1OC)OCO2. The van der Waals surface area contributed by atoms with Crippen LogP contribution in [0.3, 0.4) is 0 Å². The van der Waals surface area contributed by atoms with Crippen LogP contribution in [-0.4, -0.2) is 31.1 Å². The molecule has 10 heteroatoms. The van der Waals surface area contributed by atoms with Crippen LogP contribution in [0, 0.1) is 11.3 Å². The van der Waals surface area contributed by atoms with Crippen LogP contribution in [-0.2, 0) is 0 Å². The van der Waals surface area contributed by atoms with E-state index in [1.165, 1.54) is 26.4 Å². The highest BCUT2D eigenvalue weighted by Crippen LogP contribution is 2.57. The highest BCUT2D eigenvalue weighted by atomic mass is 16.7. The van der Waals surface area contributed by atoms with Crippen LogP contribution in [0.5, 0.6) is 40.4 Å². The van der Waals surface area contributed by atoms with E-state index >= 15 is 0 Å². The number of methoxy groups -OCH3 is 2. The lowest BCUT2D eigenvalue weighted by Gasteiger charge is -2.31. The predicted molar refractivity (Wildman–Crippen MR) is 113 cm³/mol. The number of hydrogen-bond donors (Lipinski definition) is 3. The van der Waals surface area contributed by atoms with Gasteiger partial charge in [-0.2, -0.15) is 10.2 Å². The van der Waals surface area contributed by atoms with Crippen molar-refractivity contribution in [1.29, 1.82) is 5.26 Å². The fourth-order valence-electron chi connectivity index (χ4n) is 4.14. The fraction of sp³-hybridized carbons (Fsp3) is 0.182. The van der Waals surface area contributed by atoms with Crippen molar-refractivity contribution in [3.8, 4) is 46.4 Å². The normalized spacial score (nSPS) is 15.2. The van der Waals surface area contributed by atoms with Gasteiger partial charge in [-0.25, -0.2) is 0 Å². The number of rotatable bonds is 3. The van der Waals surface area contributed by atoms with E-state index in [4.69, 9.17) is 35.2 Å². The number of anilines is 2. The minimum Gasteiger partial charge on any atom is -0.508 e. The minimum atomic E-state index is -0.604. The fourth-order valence-corrected chi connectivity index (χ4v) is 4.14. The van der Waals surface area contributed by atoms with Crippen LogP contribution in [0.4, 0.5) is 11.5 Å². The second kappa shape index (κ2) is 7.02. The first-order valence-electron chi connectivity index (χ1n) is 9.52. The summed E-state index contributed by atoms with van der Waals surface area (Å²) >= 11 is 0. The molecule has 2 aliphatic heterocycles. The van der Waals surface area contributed by atoms with Crippen molar-refractivity contribution in [2.45, 2.75) is 5.92 Å². The number of phenolic OH excluding ortho intramolecular Hbond substituents is 1. The van der Waals surface area contributed by atoms with Gasteiger partial charge in [0.15, 0.2) is 11.5 Å². The topological polar surface area (TPSA) is 155 Å². The Morgan fingerprint density at radius 3 is 2.59 bits per heavy atom. The van der Waals surface area contributed by atoms with Crippen molar-refractivity contribution >= 4 is 11.5 Å². The molecule has 0 aliphatic carbocycles. The van der Waals surface area contributed by atoms with Crippen LogP contribution in [0.2, 0.25) is 0 Å². The molecule has 0 bridgehead atoms. The molecule has 1 aromatic heterocycles. The van der Waals surface area contributed by atoms with Crippen molar-refractivity contribution in [1.82, 2.24) is 4.98 Å². The smallest absolute Gasteiger partial charge is 0.231 e. The molecule has 5 rings (SSSR count). The summed E-state index contributed by atoms with van der Waals surface area (Å²) in [4.78, 5) is 4.26. The van der Waals surface area contributed by atoms with Gasteiger partial charge in [-0.15, -0.1) is 0 Å². The van der Waals surface area contributed by atoms with Gasteiger partial charge in [0.05, 0.1) is 25.5 Å². The summed E-state index contributed by atoms with van der Waals surface area (Å²) in [5.74, 6) is 1.47. The van der Waals surface area contributed by atoms with Crippen molar-refractivity contribution in [3.63, 3.8) is 0 Å². The van der Waals surface area contributed by atoms with E-state index in [1.807, 2.05) is 6.07 Å². The van der Waals surface area contributed by atoms with Crippen molar-refractivity contribution in [3.05, 3.63) is 46.5 Å². The summed E-state index contributed by atoms with van der Waals surface area (Å²) in [5, 5.41) is 19.6. The first-order chi connectivity index (χ1) is 15.5. The molecule has 5 N–H and O–H groups in total. The lowest BCUT2D eigenvalue weighted by molar-refractivity contribution is 0.170. The summed E-state index contributed by atoms with van der Waals surface area (Å²) in [6, 6.07) is 8.47. The molecule has 1 atom stereocenters. The van der Waals surface area contributed by atoms with Gasteiger partial charge in [-0.1, -0.05) is 6.07 Å².